The maximum atomic E-state index is 13.3. The number of aromatic nitrogens is 2. The molecule has 9 nitrogen and oxygen atoms in total. The molecule has 1 fully saturated rings. The van der Waals surface area contributed by atoms with E-state index in [1.54, 1.807) is 23.1 Å². The minimum Gasteiger partial charge on any atom is -0.454 e. The second-order valence-corrected chi connectivity index (χ2v) is 6.74. The van der Waals surface area contributed by atoms with Crippen molar-refractivity contribution in [2.75, 3.05) is 30.5 Å². The number of ether oxygens (including phenoxy) is 2. The number of nitrogen functional groups attached to an aromatic ring is 1. The molecule has 0 saturated carbocycles. The lowest BCUT2D eigenvalue weighted by Crippen LogP contribution is -2.55. The fraction of sp³-hybridized carbons (Fsp3) is 0.389. The quantitative estimate of drug-likeness (QED) is 0.679. The predicted octanol–water partition coefficient (Wildman–Crippen LogP) is 0.225. The number of rotatable bonds is 4. The van der Waals surface area contributed by atoms with Gasteiger partial charge in [-0.3, -0.25) is 4.79 Å². The van der Waals surface area contributed by atoms with E-state index in [9.17, 15) is 14.3 Å². The van der Waals surface area contributed by atoms with Gasteiger partial charge >= 0.3 is 0 Å². The van der Waals surface area contributed by atoms with Crippen LogP contribution >= 0.6 is 0 Å². The van der Waals surface area contributed by atoms with Crippen LogP contribution in [0.15, 0.2) is 24.4 Å². The molecule has 3 heterocycles. The SMILES string of the molecule is Nc1nc(N2CC[C@H](O)[C@H](NC(=O)Cc3ccc4c(c3)OCO4)C2)ncc1F. The lowest BCUT2D eigenvalue weighted by Gasteiger charge is -2.36. The molecular weight excluding hydrogens is 369 g/mol. The lowest BCUT2D eigenvalue weighted by molar-refractivity contribution is -0.122. The summed E-state index contributed by atoms with van der Waals surface area (Å²) >= 11 is 0. The van der Waals surface area contributed by atoms with Gasteiger partial charge in [0.1, 0.15) is 0 Å². The van der Waals surface area contributed by atoms with Crippen molar-refractivity contribution in [1.29, 1.82) is 0 Å². The number of aliphatic hydroxyl groups is 1. The van der Waals surface area contributed by atoms with Gasteiger partial charge in [-0.15, -0.1) is 0 Å². The number of anilines is 2. The molecule has 4 rings (SSSR count). The predicted molar refractivity (Wildman–Crippen MR) is 97.4 cm³/mol. The molecule has 2 aliphatic rings. The van der Waals surface area contributed by atoms with Crippen molar-refractivity contribution in [3.8, 4) is 11.5 Å². The van der Waals surface area contributed by atoms with Gasteiger partial charge < -0.3 is 30.5 Å². The average Bonchev–Trinajstić information content (AvgIpc) is 3.13. The number of hydrogen-bond acceptors (Lipinski definition) is 8. The zero-order valence-corrected chi connectivity index (χ0v) is 15.0. The smallest absolute Gasteiger partial charge is 0.231 e. The first-order valence-electron chi connectivity index (χ1n) is 8.88. The number of nitrogens with one attached hydrogen (secondary N) is 1. The molecule has 1 amide bonds. The lowest BCUT2D eigenvalue weighted by atomic mass is 10.0. The summed E-state index contributed by atoms with van der Waals surface area (Å²) in [6.07, 6.45) is 0.862. The van der Waals surface area contributed by atoms with Crippen molar-refractivity contribution in [3.05, 3.63) is 35.8 Å². The molecule has 1 aromatic carbocycles. The van der Waals surface area contributed by atoms with Crippen LogP contribution < -0.4 is 25.4 Å². The summed E-state index contributed by atoms with van der Waals surface area (Å²) in [6, 6.07) is 4.82. The number of fused-ring (bicyclic) bond motifs is 1. The van der Waals surface area contributed by atoms with E-state index in [2.05, 4.69) is 15.3 Å². The van der Waals surface area contributed by atoms with Crippen LogP contribution in [0.1, 0.15) is 12.0 Å². The van der Waals surface area contributed by atoms with E-state index in [-0.39, 0.29) is 30.9 Å². The highest BCUT2D eigenvalue weighted by molar-refractivity contribution is 5.79. The summed E-state index contributed by atoms with van der Waals surface area (Å²) in [5, 5.41) is 13.1. The topological polar surface area (TPSA) is 123 Å². The van der Waals surface area contributed by atoms with Gasteiger partial charge in [-0.2, -0.15) is 4.98 Å². The van der Waals surface area contributed by atoms with Crippen LogP contribution in [0.5, 0.6) is 11.5 Å². The summed E-state index contributed by atoms with van der Waals surface area (Å²) in [5.74, 6) is 0.375. The van der Waals surface area contributed by atoms with E-state index in [1.165, 1.54) is 0 Å². The van der Waals surface area contributed by atoms with E-state index >= 15 is 0 Å². The van der Waals surface area contributed by atoms with Crippen LogP contribution in [0.4, 0.5) is 16.2 Å². The maximum Gasteiger partial charge on any atom is 0.231 e. The molecule has 148 valence electrons. The molecule has 0 radical (unpaired) electrons. The first kappa shape index (κ1) is 18.2. The van der Waals surface area contributed by atoms with Gasteiger partial charge in [0, 0.05) is 13.1 Å². The first-order chi connectivity index (χ1) is 13.5. The summed E-state index contributed by atoms with van der Waals surface area (Å²) in [5.41, 5.74) is 6.28. The largest absolute Gasteiger partial charge is 0.454 e. The molecule has 0 bridgehead atoms. The van der Waals surface area contributed by atoms with E-state index in [0.717, 1.165) is 11.8 Å². The molecule has 2 aliphatic heterocycles. The number of nitrogens with two attached hydrogens (primary N) is 1. The molecule has 0 spiro atoms. The van der Waals surface area contributed by atoms with Crippen molar-refractivity contribution < 1.29 is 23.8 Å². The fourth-order valence-corrected chi connectivity index (χ4v) is 3.28. The van der Waals surface area contributed by atoms with Gasteiger partial charge in [-0.1, -0.05) is 6.07 Å². The molecule has 0 aliphatic carbocycles. The van der Waals surface area contributed by atoms with Gasteiger partial charge in [0.05, 0.1) is 24.8 Å². The summed E-state index contributed by atoms with van der Waals surface area (Å²) < 4.78 is 23.9. The molecular formula is C18H20FN5O4. The Morgan fingerprint density at radius 3 is 3.04 bits per heavy atom. The number of carbonyl (C=O) groups excluding carboxylic acids is 1. The number of aliphatic hydroxyl groups excluding tert-OH is 1. The van der Waals surface area contributed by atoms with Crippen LogP contribution in [0.3, 0.4) is 0 Å². The number of carbonyl (C=O) groups is 1. The third-order valence-corrected chi connectivity index (χ3v) is 4.77. The van der Waals surface area contributed by atoms with Crippen LogP contribution in [0.2, 0.25) is 0 Å². The van der Waals surface area contributed by atoms with E-state index in [1.807, 2.05) is 0 Å². The van der Waals surface area contributed by atoms with Crippen LogP contribution in [-0.4, -0.2) is 53.0 Å². The number of halogens is 1. The van der Waals surface area contributed by atoms with E-state index in [4.69, 9.17) is 15.2 Å². The summed E-state index contributed by atoms with van der Waals surface area (Å²) in [6.45, 7) is 0.935. The Hall–Kier alpha value is -3.14. The molecule has 1 saturated heterocycles. The highest BCUT2D eigenvalue weighted by Gasteiger charge is 2.30. The van der Waals surface area contributed by atoms with Gasteiger partial charge in [0.15, 0.2) is 23.1 Å². The average molecular weight is 389 g/mol. The van der Waals surface area contributed by atoms with Crippen molar-refractivity contribution >= 4 is 17.7 Å². The Morgan fingerprint density at radius 2 is 2.21 bits per heavy atom. The summed E-state index contributed by atoms with van der Waals surface area (Å²) in [4.78, 5) is 22.1. The first-order valence-corrected chi connectivity index (χ1v) is 8.88. The van der Waals surface area contributed by atoms with Gasteiger partial charge in [0.2, 0.25) is 18.6 Å². The van der Waals surface area contributed by atoms with Gasteiger partial charge in [-0.25, -0.2) is 9.37 Å². The molecule has 0 unspecified atom stereocenters. The third kappa shape index (κ3) is 3.77. The summed E-state index contributed by atoms with van der Waals surface area (Å²) in [7, 11) is 0. The molecule has 10 heteroatoms. The fourth-order valence-electron chi connectivity index (χ4n) is 3.28. The Balaban J connectivity index is 1.39. The number of nitrogens with zero attached hydrogens (tertiary/aromatic N) is 3. The highest BCUT2D eigenvalue weighted by atomic mass is 19.1. The molecule has 2 atom stereocenters. The highest BCUT2D eigenvalue weighted by Crippen LogP contribution is 2.32. The van der Waals surface area contributed by atoms with Gasteiger partial charge in [-0.05, 0) is 24.1 Å². The van der Waals surface area contributed by atoms with E-state index in [0.29, 0.717) is 31.0 Å². The minimum absolute atomic E-state index is 0.139. The van der Waals surface area contributed by atoms with Crippen molar-refractivity contribution in [2.24, 2.45) is 0 Å². The molecule has 2 aromatic rings. The van der Waals surface area contributed by atoms with E-state index < -0.39 is 18.0 Å². The Labute approximate surface area is 160 Å². The maximum absolute atomic E-state index is 13.3. The van der Waals surface area contributed by atoms with Crippen LogP contribution in [0.25, 0.3) is 0 Å². The normalized spacial score (nSPS) is 20.9. The molecule has 4 N–H and O–H groups in total. The second kappa shape index (κ2) is 7.47. The zero-order chi connectivity index (χ0) is 19.7. The molecule has 28 heavy (non-hydrogen) atoms. The Bertz CT molecular complexity index is 896. The minimum atomic E-state index is -0.699. The number of piperidine rings is 1. The number of amides is 1. The number of benzene rings is 1. The Morgan fingerprint density at radius 1 is 1.39 bits per heavy atom. The van der Waals surface area contributed by atoms with Crippen molar-refractivity contribution in [2.45, 2.75) is 25.0 Å². The third-order valence-electron chi connectivity index (χ3n) is 4.77. The Kier molecular flexibility index (Phi) is 4.86. The van der Waals surface area contributed by atoms with Gasteiger partial charge in [0.25, 0.3) is 0 Å². The van der Waals surface area contributed by atoms with Crippen LogP contribution in [-0.2, 0) is 11.2 Å². The zero-order valence-electron chi connectivity index (χ0n) is 15.0. The second-order valence-electron chi connectivity index (χ2n) is 6.74. The molecule has 1 aromatic heterocycles. The van der Waals surface area contributed by atoms with Crippen molar-refractivity contribution in [3.63, 3.8) is 0 Å². The van der Waals surface area contributed by atoms with Crippen molar-refractivity contribution in [1.82, 2.24) is 15.3 Å². The van der Waals surface area contributed by atoms with Crippen LogP contribution in [0, 0.1) is 5.82 Å². The monoisotopic (exact) mass is 389 g/mol. The standard InChI is InChI=1S/C18H20FN5O4/c19-11-7-21-18(23-17(11)20)24-4-3-13(25)12(8-24)22-16(26)6-10-1-2-14-15(5-10)28-9-27-14/h1-2,5,7,12-13,25H,3-4,6,8-9H2,(H,22,26)(H2,20,21,23)/t12-,13+/m1/s1. The number of hydrogen-bond donors (Lipinski definition) is 3.